The largest absolute Gasteiger partial charge is 0.545 e. The molecule has 22 heavy (non-hydrogen) atoms. The second-order valence-electron chi connectivity index (χ2n) is 4.50. The second-order valence-corrected chi connectivity index (χ2v) is 6.59. The van der Waals surface area contributed by atoms with E-state index in [9.17, 15) is 22.7 Å². The summed E-state index contributed by atoms with van der Waals surface area (Å²) in [6.07, 6.45) is 0. The van der Waals surface area contributed by atoms with Crippen LogP contribution in [0.4, 0.5) is 10.1 Å². The minimum Gasteiger partial charge on any atom is -0.545 e. The third-order valence-electron chi connectivity index (χ3n) is 2.89. The van der Waals surface area contributed by atoms with Gasteiger partial charge in [0.05, 0.1) is 16.6 Å². The van der Waals surface area contributed by atoms with Gasteiger partial charge in [0.25, 0.3) is 10.0 Å². The van der Waals surface area contributed by atoms with Gasteiger partial charge in [-0.1, -0.05) is 17.7 Å². The number of carboxylic acid groups (broad SMARTS) is 1. The molecule has 0 heterocycles. The van der Waals surface area contributed by atoms with Crippen molar-refractivity contribution < 1.29 is 22.7 Å². The van der Waals surface area contributed by atoms with E-state index < -0.39 is 32.3 Å². The minimum absolute atomic E-state index is 0.204. The van der Waals surface area contributed by atoms with Crippen LogP contribution in [0.15, 0.2) is 41.3 Å². The predicted molar refractivity (Wildman–Crippen MR) is 77.7 cm³/mol. The van der Waals surface area contributed by atoms with Gasteiger partial charge in [-0.05, 0) is 42.8 Å². The highest BCUT2D eigenvalue weighted by Crippen LogP contribution is 2.23. The van der Waals surface area contributed by atoms with Gasteiger partial charge in [0.15, 0.2) is 0 Å². The van der Waals surface area contributed by atoms with Gasteiger partial charge in [0.1, 0.15) is 5.82 Å². The highest BCUT2D eigenvalue weighted by molar-refractivity contribution is 7.92. The monoisotopic (exact) mass is 342 g/mol. The average Bonchev–Trinajstić information content (AvgIpc) is 2.42. The molecule has 8 heteroatoms. The van der Waals surface area contributed by atoms with Crippen LogP contribution >= 0.6 is 11.6 Å². The van der Waals surface area contributed by atoms with Crippen LogP contribution in [-0.4, -0.2) is 14.4 Å². The Morgan fingerprint density at radius 2 is 1.91 bits per heavy atom. The van der Waals surface area contributed by atoms with Crippen LogP contribution < -0.4 is 9.83 Å². The molecular weight excluding hydrogens is 333 g/mol. The Morgan fingerprint density at radius 3 is 2.50 bits per heavy atom. The van der Waals surface area contributed by atoms with Gasteiger partial charge in [0.2, 0.25) is 0 Å². The number of carboxylic acids is 1. The molecule has 0 radical (unpaired) electrons. The minimum atomic E-state index is -4.08. The van der Waals surface area contributed by atoms with E-state index in [1.165, 1.54) is 12.1 Å². The van der Waals surface area contributed by atoms with Crippen molar-refractivity contribution in [1.82, 2.24) is 0 Å². The van der Waals surface area contributed by atoms with E-state index in [0.717, 1.165) is 17.7 Å². The van der Waals surface area contributed by atoms with Crippen molar-refractivity contribution >= 4 is 33.3 Å². The Kier molecular flexibility index (Phi) is 4.39. The lowest BCUT2D eigenvalue weighted by molar-refractivity contribution is -0.255. The van der Waals surface area contributed by atoms with Gasteiger partial charge < -0.3 is 9.90 Å². The molecule has 2 rings (SSSR count). The number of halogens is 2. The number of rotatable bonds is 4. The molecule has 5 nitrogen and oxygen atoms in total. The fourth-order valence-electron chi connectivity index (χ4n) is 1.70. The molecule has 0 atom stereocenters. The number of anilines is 1. The molecule has 0 saturated heterocycles. The van der Waals surface area contributed by atoms with E-state index in [1.807, 2.05) is 0 Å². The fraction of sp³-hybridized carbons (Fsp3) is 0.0714. The third-order valence-corrected chi connectivity index (χ3v) is 4.68. The van der Waals surface area contributed by atoms with Crippen molar-refractivity contribution in [3.05, 3.63) is 58.4 Å². The molecule has 116 valence electrons. The second kappa shape index (κ2) is 5.94. The molecule has 0 aliphatic carbocycles. The number of benzene rings is 2. The molecule has 0 aliphatic heterocycles. The lowest BCUT2D eigenvalue weighted by Crippen LogP contribution is -2.24. The van der Waals surface area contributed by atoms with Crippen LogP contribution in [0.1, 0.15) is 15.9 Å². The number of aromatic carboxylic acids is 1. The first kappa shape index (κ1) is 16.3. The summed E-state index contributed by atoms with van der Waals surface area (Å²) in [5.74, 6) is -2.87. The first-order valence-corrected chi connectivity index (χ1v) is 7.86. The first-order chi connectivity index (χ1) is 10.2. The molecule has 1 N–H and O–H groups in total. The quantitative estimate of drug-likeness (QED) is 0.920. The number of hydrogen-bond donors (Lipinski definition) is 1. The van der Waals surface area contributed by atoms with E-state index in [-0.39, 0.29) is 5.69 Å². The standard InChI is InChI=1S/C14H11ClFNO4S/c1-8-2-3-9(6-12(8)15)17-22(20,21)10-4-5-13(16)11(7-10)14(18)19/h2-7,17H,1H3,(H,18,19)/p-1. The summed E-state index contributed by atoms with van der Waals surface area (Å²) >= 11 is 5.91. The molecule has 0 unspecified atom stereocenters. The Morgan fingerprint density at radius 1 is 1.23 bits per heavy atom. The molecule has 0 fully saturated rings. The van der Waals surface area contributed by atoms with Crippen LogP contribution in [0, 0.1) is 12.7 Å². The SMILES string of the molecule is Cc1ccc(NS(=O)(=O)c2ccc(F)c(C(=O)[O-])c2)cc1Cl. The third kappa shape index (κ3) is 3.37. The zero-order valence-electron chi connectivity index (χ0n) is 11.3. The van der Waals surface area contributed by atoms with E-state index in [2.05, 4.69) is 4.72 Å². The van der Waals surface area contributed by atoms with E-state index in [4.69, 9.17) is 11.6 Å². The Bertz CT molecular complexity index is 852. The van der Waals surface area contributed by atoms with Crippen LogP contribution in [0.5, 0.6) is 0 Å². The molecule has 0 saturated carbocycles. The zero-order valence-corrected chi connectivity index (χ0v) is 12.8. The number of hydrogen-bond acceptors (Lipinski definition) is 4. The maximum Gasteiger partial charge on any atom is 0.261 e. The summed E-state index contributed by atoms with van der Waals surface area (Å²) in [7, 11) is -4.08. The van der Waals surface area contributed by atoms with Crippen molar-refractivity contribution in [3.8, 4) is 0 Å². The van der Waals surface area contributed by atoms with Crippen LogP contribution in [0.25, 0.3) is 0 Å². The fourth-order valence-corrected chi connectivity index (χ4v) is 2.95. The molecule has 2 aromatic rings. The zero-order chi connectivity index (χ0) is 16.5. The van der Waals surface area contributed by atoms with Gasteiger partial charge in [-0.15, -0.1) is 0 Å². The highest BCUT2D eigenvalue weighted by Gasteiger charge is 2.17. The summed E-state index contributed by atoms with van der Waals surface area (Å²) in [6.45, 7) is 1.76. The topological polar surface area (TPSA) is 86.3 Å². The van der Waals surface area contributed by atoms with Crippen molar-refractivity contribution in [2.45, 2.75) is 11.8 Å². The number of carbonyl (C=O) groups excluding carboxylic acids is 1. The Labute approximate surface area is 131 Å². The molecule has 0 aromatic heterocycles. The van der Waals surface area contributed by atoms with Crippen LogP contribution in [-0.2, 0) is 10.0 Å². The number of carbonyl (C=O) groups is 1. The van der Waals surface area contributed by atoms with Crippen molar-refractivity contribution in [2.24, 2.45) is 0 Å². The molecule has 0 spiro atoms. The first-order valence-electron chi connectivity index (χ1n) is 6.00. The number of nitrogens with one attached hydrogen (secondary N) is 1. The Balaban J connectivity index is 2.40. The van der Waals surface area contributed by atoms with Gasteiger partial charge in [0, 0.05) is 10.6 Å². The van der Waals surface area contributed by atoms with E-state index in [1.54, 1.807) is 13.0 Å². The predicted octanol–water partition coefficient (Wildman–Crippen LogP) is 1.95. The lowest BCUT2D eigenvalue weighted by atomic mass is 10.2. The van der Waals surface area contributed by atoms with Crippen LogP contribution in [0.2, 0.25) is 5.02 Å². The summed E-state index contributed by atoms with van der Waals surface area (Å²) in [6, 6.07) is 6.95. The average molecular weight is 343 g/mol. The highest BCUT2D eigenvalue weighted by atomic mass is 35.5. The molecule has 0 bridgehead atoms. The smallest absolute Gasteiger partial charge is 0.261 e. The van der Waals surface area contributed by atoms with Crippen LogP contribution in [0.3, 0.4) is 0 Å². The summed E-state index contributed by atoms with van der Waals surface area (Å²) in [5.41, 5.74) is 0.144. The van der Waals surface area contributed by atoms with E-state index in [0.29, 0.717) is 11.1 Å². The summed E-state index contributed by atoms with van der Waals surface area (Å²) in [5, 5.41) is 11.1. The maximum absolute atomic E-state index is 13.3. The normalized spacial score (nSPS) is 11.2. The Hall–Kier alpha value is -2.12. The van der Waals surface area contributed by atoms with Crippen molar-refractivity contribution in [2.75, 3.05) is 4.72 Å². The van der Waals surface area contributed by atoms with Crippen molar-refractivity contribution in [1.29, 1.82) is 0 Å². The van der Waals surface area contributed by atoms with Gasteiger partial charge in [-0.2, -0.15) is 0 Å². The van der Waals surface area contributed by atoms with Crippen molar-refractivity contribution in [3.63, 3.8) is 0 Å². The van der Waals surface area contributed by atoms with Gasteiger partial charge in [-0.25, -0.2) is 12.8 Å². The lowest BCUT2D eigenvalue weighted by Gasteiger charge is -2.11. The van der Waals surface area contributed by atoms with Gasteiger partial charge >= 0.3 is 0 Å². The molecule has 0 amide bonds. The number of aryl methyl sites for hydroxylation is 1. The summed E-state index contributed by atoms with van der Waals surface area (Å²) in [4.78, 5) is 10.4. The molecule has 0 aliphatic rings. The maximum atomic E-state index is 13.3. The number of sulfonamides is 1. The molecular formula is C14H10ClFNO4S-. The molecule has 2 aromatic carbocycles. The van der Waals surface area contributed by atoms with E-state index >= 15 is 0 Å². The van der Waals surface area contributed by atoms with Gasteiger partial charge in [-0.3, -0.25) is 4.72 Å². The summed E-state index contributed by atoms with van der Waals surface area (Å²) < 4.78 is 39.9.